The first-order valence-corrected chi connectivity index (χ1v) is 6.48. The van der Waals surface area contributed by atoms with Crippen LogP contribution < -0.4 is 10.1 Å². The fraction of sp³-hybridized carbons (Fsp3) is 0.571. The zero-order valence-electron chi connectivity index (χ0n) is 11.0. The average Bonchev–Trinajstić information content (AvgIpc) is 2.36. The smallest absolute Gasteiger partial charge is 0.165 e. The summed E-state index contributed by atoms with van der Waals surface area (Å²) in [6.45, 7) is 5.43. The van der Waals surface area contributed by atoms with Gasteiger partial charge in [-0.3, -0.25) is 0 Å². The summed E-state index contributed by atoms with van der Waals surface area (Å²) in [7, 11) is 0. The van der Waals surface area contributed by atoms with Crippen molar-refractivity contribution in [2.24, 2.45) is 0 Å². The maximum absolute atomic E-state index is 13.3. The third-order valence-electron chi connectivity index (χ3n) is 2.65. The SMILES string of the molecule is CCCNC(CCC)COc1cc(F)ccc1F. The fourth-order valence-corrected chi connectivity index (χ4v) is 1.72. The molecule has 0 fully saturated rings. The first-order chi connectivity index (χ1) is 8.67. The van der Waals surface area contributed by atoms with Gasteiger partial charge in [0.2, 0.25) is 0 Å². The Kier molecular flexibility index (Phi) is 6.65. The van der Waals surface area contributed by atoms with E-state index < -0.39 is 11.6 Å². The molecule has 1 aromatic carbocycles. The van der Waals surface area contributed by atoms with Gasteiger partial charge in [0.1, 0.15) is 12.4 Å². The molecule has 2 nitrogen and oxygen atoms in total. The molecular formula is C14H21F2NO. The van der Waals surface area contributed by atoms with Crippen molar-refractivity contribution in [2.45, 2.75) is 39.2 Å². The van der Waals surface area contributed by atoms with Crippen LogP contribution in [0.3, 0.4) is 0 Å². The van der Waals surface area contributed by atoms with Crippen LogP contribution in [0.2, 0.25) is 0 Å². The summed E-state index contributed by atoms with van der Waals surface area (Å²) in [4.78, 5) is 0. The molecule has 102 valence electrons. The van der Waals surface area contributed by atoms with E-state index in [4.69, 9.17) is 4.74 Å². The molecule has 1 N–H and O–H groups in total. The minimum absolute atomic E-state index is 0.0191. The lowest BCUT2D eigenvalue weighted by Gasteiger charge is -2.18. The van der Waals surface area contributed by atoms with Crippen molar-refractivity contribution >= 4 is 0 Å². The Bertz CT molecular complexity index is 358. The van der Waals surface area contributed by atoms with Gasteiger partial charge < -0.3 is 10.1 Å². The molecule has 0 spiro atoms. The van der Waals surface area contributed by atoms with Gasteiger partial charge in [-0.2, -0.15) is 0 Å². The van der Waals surface area contributed by atoms with Crippen LogP contribution in [-0.2, 0) is 0 Å². The molecule has 0 aliphatic carbocycles. The highest BCUT2D eigenvalue weighted by molar-refractivity contribution is 5.24. The average molecular weight is 257 g/mol. The Morgan fingerprint density at radius 3 is 2.67 bits per heavy atom. The zero-order valence-corrected chi connectivity index (χ0v) is 11.0. The normalized spacial score (nSPS) is 12.4. The quantitative estimate of drug-likeness (QED) is 0.769. The topological polar surface area (TPSA) is 21.3 Å². The second-order valence-electron chi connectivity index (χ2n) is 4.33. The summed E-state index contributed by atoms with van der Waals surface area (Å²) in [5.41, 5.74) is 0. The van der Waals surface area contributed by atoms with Gasteiger partial charge in [-0.05, 0) is 31.5 Å². The lowest BCUT2D eigenvalue weighted by molar-refractivity contribution is 0.245. The van der Waals surface area contributed by atoms with Gasteiger partial charge in [0.05, 0.1) is 0 Å². The van der Waals surface area contributed by atoms with Crippen LogP contribution in [0.15, 0.2) is 18.2 Å². The number of benzene rings is 1. The zero-order chi connectivity index (χ0) is 13.4. The molecule has 0 amide bonds. The van der Waals surface area contributed by atoms with Crippen molar-refractivity contribution in [2.75, 3.05) is 13.2 Å². The maximum atomic E-state index is 13.3. The number of hydrogen-bond donors (Lipinski definition) is 1. The third kappa shape index (κ3) is 5.00. The molecule has 18 heavy (non-hydrogen) atoms. The minimum Gasteiger partial charge on any atom is -0.489 e. The van der Waals surface area contributed by atoms with Crippen LogP contribution in [0, 0.1) is 11.6 Å². The predicted octanol–water partition coefficient (Wildman–Crippen LogP) is 3.51. The minimum atomic E-state index is -0.526. The molecule has 0 saturated carbocycles. The first-order valence-electron chi connectivity index (χ1n) is 6.48. The van der Waals surface area contributed by atoms with Crippen LogP contribution in [-0.4, -0.2) is 19.2 Å². The van der Waals surface area contributed by atoms with E-state index in [0.717, 1.165) is 44.0 Å². The van der Waals surface area contributed by atoms with Crippen LogP contribution in [0.25, 0.3) is 0 Å². The van der Waals surface area contributed by atoms with E-state index in [1.807, 2.05) is 0 Å². The van der Waals surface area contributed by atoms with E-state index >= 15 is 0 Å². The molecule has 0 saturated heterocycles. The monoisotopic (exact) mass is 257 g/mol. The summed E-state index contributed by atoms with van der Waals surface area (Å²) in [5.74, 6) is -1.03. The summed E-state index contributed by atoms with van der Waals surface area (Å²) in [5, 5.41) is 3.33. The van der Waals surface area contributed by atoms with Gasteiger partial charge in [0, 0.05) is 12.1 Å². The van der Waals surface area contributed by atoms with E-state index in [1.165, 1.54) is 0 Å². The third-order valence-corrected chi connectivity index (χ3v) is 2.65. The van der Waals surface area contributed by atoms with Crippen molar-refractivity contribution in [3.05, 3.63) is 29.8 Å². The van der Waals surface area contributed by atoms with Crippen LogP contribution in [0.5, 0.6) is 5.75 Å². The second kappa shape index (κ2) is 8.03. The van der Waals surface area contributed by atoms with E-state index in [1.54, 1.807) is 0 Å². The highest BCUT2D eigenvalue weighted by Gasteiger charge is 2.10. The Morgan fingerprint density at radius 1 is 1.22 bits per heavy atom. The molecule has 1 unspecified atom stereocenters. The van der Waals surface area contributed by atoms with Gasteiger partial charge in [-0.15, -0.1) is 0 Å². The predicted molar refractivity (Wildman–Crippen MR) is 68.8 cm³/mol. The molecule has 0 aromatic heterocycles. The number of hydrogen-bond acceptors (Lipinski definition) is 2. The number of nitrogens with one attached hydrogen (secondary N) is 1. The summed E-state index contributed by atoms with van der Waals surface area (Å²) in [6.07, 6.45) is 3.02. The van der Waals surface area contributed by atoms with Gasteiger partial charge in [0.25, 0.3) is 0 Å². The molecule has 1 rings (SSSR count). The lowest BCUT2D eigenvalue weighted by Crippen LogP contribution is -2.35. The van der Waals surface area contributed by atoms with Crippen molar-refractivity contribution in [3.63, 3.8) is 0 Å². The van der Waals surface area contributed by atoms with Crippen molar-refractivity contribution in [3.8, 4) is 5.75 Å². The van der Waals surface area contributed by atoms with Crippen molar-refractivity contribution in [1.82, 2.24) is 5.32 Å². The highest BCUT2D eigenvalue weighted by Crippen LogP contribution is 2.18. The standard InChI is InChI=1S/C14H21F2NO/c1-3-5-12(17-8-4-2)10-18-14-9-11(15)6-7-13(14)16/h6-7,9,12,17H,3-5,8,10H2,1-2H3. The van der Waals surface area contributed by atoms with Crippen LogP contribution in [0.4, 0.5) is 8.78 Å². The van der Waals surface area contributed by atoms with E-state index in [0.29, 0.717) is 6.61 Å². The summed E-state index contributed by atoms with van der Waals surface area (Å²) < 4.78 is 31.7. The Morgan fingerprint density at radius 2 is 2.00 bits per heavy atom. The second-order valence-corrected chi connectivity index (χ2v) is 4.33. The molecule has 0 bridgehead atoms. The molecule has 0 heterocycles. The molecule has 1 atom stereocenters. The van der Waals surface area contributed by atoms with E-state index in [-0.39, 0.29) is 11.8 Å². The van der Waals surface area contributed by atoms with E-state index in [2.05, 4.69) is 19.2 Å². The number of rotatable bonds is 8. The molecule has 0 radical (unpaired) electrons. The van der Waals surface area contributed by atoms with Gasteiger partial charge in [-0.25, -0.2) is 8.78 Å². The van der Waals surface area contributed by atoms with Crippen LogP contribution >= 0.6 is 0 Å². The summed E-state index contributed by atoms with van der Waals surface area (Å²) >= 11 is 0. The maximum Gasteiger partial charge on any atom is 0.165 e. The van der Waals surface area contributed by atoms with Gasteiger partial charge in [-0.1, -0.05) is 20.3 Å². The Hall–Kier alpha value is -1.16. The molecule has 1 aromatic rings. The largest absolute Gasteiger partial charge is 0.489 e. The van der Waals surface area contributed by atoms with Crippen LogP contribution in [0.1, 0.15) is 33.1 Å². The lowest BCUT2D eigenvalue weighted by atomic mass is 10.2. The molecule has 4 heteroatoms. The fourth-order valence-electron chi connectivity index (χ4n) is 1.72. The van der Waals surface area contributed by atoms with E-state index in [9.17, 15) is 8.78 Å². The molecule has 0 aliphatic rings. The van der Waals surface area contributed by atoms with Gasteiger partial charge >= 0.3 is 0 Å². The molecule has 0 aliphatic heterocycles. The highest BCUT2D eigenvalue weighted by atomic mass is 19.1. The summed E-state index contributed by atoms with van der Waals surface area (Å²) in [6, 6.07) is 3.43. The Labute approximate surface area is 107 Å². The molecular weight excluding hydrogens is 236 g/mol. The van der Waals surface area contributed by atoms with Crippen molar-refractivity contribution in [1.29, 1.82) is 0 Å². The van der Waals surface area contributed by atoms with Gasteiger partial charge in [0.15, 0.2) is 11.6 Å². The van der Waals surface area contributed by atoms with Crippen molar-refractivity contribution < 1.29 is 13.5 Å². The Balaban J connectivity index is 2.52. The number of ether oxygens (including phenoxy) is 1. The number of halogens is 2. The first kappa shape index (κ1) is 14.9.